The van der Waals surface area contributed by atoms with Crippen LogP contribution in [0.3, 0.4) is 0 Å². The third kappa shape index (κ3) is 2.98. The molecule has 3 nitrogen and oxygen atoms in total. The van der Waals surface area contributed by atoms with Crippen LogP contribution in [0.1, 0.15) is 16.1 Å². The van der Waals surface area contributed by atoms with Crippen LogP contribution < -0.4 is 10.5 Å². The number of ether oxygens (including phenoxy) is 1. The minimum absolute atomic E-state index is 0.0691. The predicted octanol–water partition coefficient (Wildman–Crippen LogP) is 4.15. The number of aromatic nitrogens is 1. The molecule has 0 bridgehead atoms. The number of nitrogens with zero attached hydrogens (tertiary/aromatic N) is 1. The average Bonchev–Trinajstić information content (AvgIpc) is 2.59. The fraction of sp³-hybridized carbons (Fsp3) is 0.250. The Morgan fingerprint density at radius 2 is 1.95 bits per heavy atom. The third-order valence-electron chi connectivity index (χ3n) is 2.54. The number of anilines is 1. The lowest BCUT2D eigenvalue weighted by atomic mass is 10.2. The number of aryl methyl sites for hydroxylation is 2. The van der Waals surface area contributed by atoms with Crippen LogP contribution in [-0.4, -0.2) is 4.98 Å². The lowest BCUT2D eigenvalue weighted by Gasteiger charge is -2.10. The normalized spacial score (nSPS) is 11.6. The van der Waals surface area contributed by atoms with Crippen molar-refractivity contribution in [3.63, 3.8) is 0 Å². The van der Waals surface area contributed by atoms with Crippen molar-refractivity contribution in [2.24, 2.45) is 0 Å². The molecule has 0 saturated carbocycles. The van der Waals surface area contributed by atoms with Crippen LogP contribution >= 0.6 is 11.3 Å². The molecule has 0 aliphatic rings. The third-order valence-corrected chi connectivity index (χ3v) is 3.49. The summed E-state index contributed by atoms with van der Waals surface area (Å²) in [5.74, 6) is 0.168. The molecule has 0 saturated heterocycles. The first-order valence-electron chi connectivity index (χ1n) is 5.36. The van der Waals surface area contributed by atoms with Crippen LogP contribution in [0.5, 0.6) is 10.9 Å². The summed E-state index contributed by atoms with van der Waals surface area (Å²) in [6.45, 7) is 3.71. The summed E-state index contributed by atoms with van der Waals surface area (Å²) in [5.41, 5.74) is 5.52. The van der Waals surface area contributed by atoms with Crippen molar-refractivity contribution >= 4 is 17.0 Å². The minimum Gasteiger partial charge on any atom is -0.429 e. The summed E-state index contributed by atoms with van der Waals surface area (Å²) < 4.78 is 42.8. The zero-order valence-corrected chi connectivity index (χ0v) is 11.0. The molecule has 102 valence electrons. The van der Waals surface area contributed by atoms with Gasteiger partial charge in [-0.05, 0) is 32.0 Å². The van der Waals surface area contributed by atoms with Crippen molar-refractivity contribution in [2.75, 3.05) is 5.73 Å². The van der Waals surface area contributed by atoms with Crippen molar-refractivity contribution in [1.82, 2.24) is 4.98 Å². The lowest BCUT2D eigenvalue weighted by Crippen LogP contribution is -2.05. The van der Waals surface area contributed by atoms with Crippen molar-refractivity contribution < 1.29 is 17.9 Å². The Morgan fingerprint density at radius 3 is 2.42 bits per heavy atom. The second-order valence-electron chi connectivity index (χ2n) is 3.97. The molecule has 2 N–H and O–H groups in total. The Bertz CT molecular complexity index is 588. The topological polar surface area (TPSA) is 48.1 Å². The molecule has 2 aromatic rings. The van der Waals surface area contributed by atoms with Crippen molar-refractivity contribution in [3.05, 3.63) is 34.3 Å². The highest BCUT2D eigenvalue weighted by molar-refractivity contribution is 7.13. The summed E-state index contributed by atoms with van der Waals surface area (Å²) in [6.07, 6.45) is -4.42. The van der Waals surface area contributed by atoms with Crippen LogP contribution in [0, 0.1) is 13.8 Å². The van der Waals surface area contributed by atoms with Gasteiger partial charge in [0, 0.05) is 4.88 Å². The average molecular weight is 288 g/mol. The zero-order chi connectivity index (χ0) is 14.2. The van der Waals surface area contributed by atoms with Gasteiger partial charge < -0.3 is 10.5 Å². The van der Waals surface area contributed by atoms with Gasteiger partial charge in [0.25, 0.3) is 5.19 Å². The van der Waals surface area contributed by atoms with Gasteiger partial charge in [0.05, 0.1) is 16.9 Å². The number of nitrogen functional groups attached to an aromatic ring is 1. The highest BCUT2D eigenvalue weighted by Crippen LogP contribution is 2.36. The quantitative estimate of drug-likeness (QED) is 0.844. The van der Waals surface area contributed by atoms with E-state index in [0.717, 1.165) is 22.7 Å². The van der Waals surface area contributed by atoms with Crippen molar-refractivity contribution in [3.8, 4) is 10.9 Å². The maximum atomic E-state index is 12.5. The Morgan fingerprint density at radius 1 is 1.26 bits per heavy atom. The second kappa shape index (κ2) is 4.73. The number of nitrogens with two attached hydrogens (primary N) is 1. The van der Waals surface area contributed by atoms with Crippen molar-refractivity contribution in [1.29, 1.82) is 0 Å². The van der Waals surface area contributed by atoms with E-state index in [1.54, 1.807) is 0 Å². The van der Waals surface area contributed by atoms with Gasteiger partial charge in [-0.3, -0.25) is 0 Å². The highest BCUT2D eigenvalue weighted by atomic mass is 32.1. The fourth-order valence-electron chi connectivity index (χ4n) is 1.40. The van der Waals surface area contributed by atoms with Gasteiger partial charge in [0.1, 0.15) is 0 Å². The van der Waals surface area contributed by atoms with Gasteiger partial charge in [-0.2, -0.15) is 13.2 Å². The highest BCUT2D eigenvalue weighted by Gasteiger charge is 2.31. The predicted molar refractivity (Wildman–Crippen MR) is 67.5 cm³/mol. The Kier molecular flexibility index (Phi) is 3.40. The van der Waals surface area contributed by atoms with E-state index in [1.807, 2.05) is 13.8 Å². The first-order chi connectivity index (χ1) is 8.77. The maximum absolute atomic E-state index is 12.5. The van der Waals surface area contributed by atoms with Gasteiger partial charge in [0.2, 0.25) is 0 Å². The fourth-order valence-corrected chi connectivity index (χ4v) is 2.17. The molecule has 7 heteroatoms. The SMILES string of the molecule is Cc1nc(Oc2ccc(C(F)(F)F)cc2N)sc1C. The number of halogens is 3. The summed E-state index contributed by atoms with van der Waals surface area (Å²) >= 11 is 1.32. The van der Waals surface area contributed by atoms with Gasteiger partial charge in [-0.1, -0.05) is 11.3 Å². The molecule has 2 rings (SSSR count). The molecule has 0 amide bonds. The molecule has 1 aromatic heterocycles. The molecular weight excluding hydrogens is 277 g/mol. The van der Waals surface area contributed by atoms with E-state index < -0.39 is 11.7 Å². The standard InChI is InChI=1S/C12H11F3N2OS/c1-6-7(2)19-11(17-6)18-10-4-3-8(5-9(10)16)12(13,14)15/h3-5H,16H2,1-2H3. The van der Waals surface area contributed by atoms with Crippen LogP contribution in [0.25, 0.3) is 0 Å². The maximum Gasteiger partial charge on any atom is 0.416 e. The van der Waals surface area contributed by atoms with Crippen molar-refractivity contribution in [2.45, 2.75) is 20.0 Å². The Hall–Kier alpha value is -1.76. The second-order valence-corrected chi connectivity index (χ2v) is 5.14. The number of rotatable bonds is 2. The minimum atomic E-state index is -4.42. The molecule has 0 spiro atoms. The largest absolute Gasteiger partial charge is 0.429 e. The van der Waals surface area contributed by atoms with Gasteiger partial charge in [0.15, 0.2) is 5.75 Å². The summed E-state index contributed by atoms with van der Waals surface area (Å²) in [4.78, 5) is 5.12. The molecule has 0 unspecified atom stereocenters. The monoisotopic (exact) mass is 288 g/mol. The summed E-state index contributed by atoms with van der Waals surface area (Å²) in [5, 5.41) is 0.362. The number of thiazole rings is 1. The van der Waals surface area contributed by atoms with Crippen LogP contribution in [-0.2, 0) is 6.18 Å². The molecule has 0 radical (unpaired) electrons. The van der Waals surface area contributed by atoms with E-state index in [2.05, 4.69) is 4.98 Å². The Labute approximate surface area is 111 Å². The van der Waals surface area contributed by atoms with E-state index in [0.29, 0.717) is 5.19 Å². The van der Waals surface area contributed by atoms with E-state index in [1.165, 1.54) is 17.4 Å². The molecule has 0 aliphatic carbocycles. The molecule has 19 heavy (non-hydrogen) atoms. The summed E-state index contributed by atoms with van der Waals surface area (Å²) in [6, 6.07) is 2.98. The van der Waals surface area contributed by atoms with E-state index in [9.17, 15) is 13.2 Å². The lowest BCUT2D eigenvalue weighted by molar-refractivity contribution is -0.137. The van der Waals surface area contributed by atoms with E-state index >= 15 is 0 Å². The van der Waals surface area contributed by atoms with Gasteiger partial charge in [-0.25, -0.2) is 4.98 Å². The molecule has 0 aliphatic heterocycles. The van der Waals surface area contributed by atoms with E-state index in [4.69, 9.17) is 10.5 Å². The number of hydrogen-bond donors (Lipinski definition) is 1. The molecule has 1 heterocycles. The number of alkyl halides is 3. The van der Waals surface area contributed by atoms with Crippen LogP contribution in [0.2, 0.25) is 0 Å². The smallest absolute Gasteiger partial charge is 0.416 e. The zero-order valence-electron chi connectivity index (χ0n) is 10.2. The summed E-state index contributed by atoms with van der Waals surface area (Å²) in [7, 11) is 0. The van der Waals surface area contributed by atoms with Crippen LogP contribution in [0.15, 0.2) is 18.2 Å². The van der Waals surface area contributed by atoms with Crippen LogP contribution in [0.4, 0.5) is 18.9 Å². The van der Waals surface area contributed by atoms with E-state index in [-0.39, 0.29) is 11.4 Å². The Balaban J connectivity index is 2.27. The molecular formula is C12H11F3N2OS. The molecule has 0 fully saturated rings. The first-order valence-corrected chi connectivity index (χ1v) is 6.17. The first kappa shape index (κ1) is 13.7. The van der Waals surface area contributed by atoms with Gasteiger partial charge >= 0.3 is 6.18 Å². The van der Waals surface area contributed by atoms with Gasteiger partial charge in [-0.15, -0.1) is 0 Å². The number of benzene rings is 1. The number of hydrogen-bond acceptors (Lipinski definition) is 4. The molecule has 0 atom stereocenters. The molecule has 1 aromatic carbocycles.